The standard InChI is InChI=1S/C13H12BrN5/c1-15-7-11-8-17-18-19(11)12-4-2-3-9-5-10(14)6-16-13(9)12/h2-6,8,15H,7H2,1H3. The third kappa shape index (κ3) is 2.24. The fourth-order valence-corrected chi connectivity index (χ4v) is 2.40. The van der Waals surface area contributed by atoms with Crippen LogP contribution in [0.5, 0.6) is 0 Å². The highest BCUT2D eigenvalue weighted by Gasteiger charge is 2.10. The van der Waals surface area contributed by atoms with Crippen molar-refractivity contribution < 1.29 is 0 Å². The highest BCUT2D eigenvalue weighted by Crippen LogP contribution is 2.23. The first-order valence-electron chi connectivity index (χ1n) is 5.88. The molecule has 5 nitrogen and oxygen atoms in total. The van der Waals surface area contributed by atoms with Gasteiger partial charge in [-0.25, -0.2) is 4.68 Å². The summed E-state index contributed by atoms with van der Waals surface area (Å²) >= 11 is 3.44. The molecule has 0 unspecified atom stereocenters. The SMILES string of the molecule is CNCc1cnnn1-c1cccc2cc(Br)cnc12. The average Bonchev–Trinajstić information content (AvgIpc) is 2.86. The van der Waals surface area contributed by atoms with Crippen molar-refractivity contribution in [2.24, 2.45) is 0 Å². The summed E-state index contributed by atoms with van der Waals surface area (Å²) in [6.45, 7) is 0.708. The maximum absolute atomic E-state index is 4.48. The van der Waals surface area contributed by atoms with Gasteiger partial charge < -0.3 is 5.32 Å². The van der Waals surface area contributed by atoms with E-state index in [2.05, 4.69) is 36.5 Å². The molecule has 3 rings (SSSR count). The highest BCUT2D eigenvalue weighted by atomic mass is 79.9. The van der Waals surface area contributed by atoms with Gasteiger partial charge in [0.1, 0.15) is 0 Å². The third-order valence-corrected chi connectivity index (χ3v) is 3.30. The van der Waals surface area contributed by atoms with Crippen LogP contribution in [0.2, 0.25) is 0 Å². The molecule has 3 aromatic rings. The molecule has 0 radical (unpaired) electrons. The molecule has 1 N–H and O–H groups in total. The molecular formula is C13H12BrN5. The molecule has 0 atom stereocenters. The van der Waals surface area contributed by atoms with Gasteiger partial charge in [-0.3, -0.25) is 4.98 Å². The van der Waals surface area contributed by atoms with E-state index in [0.717, 1.165) is 26.8 Å². The number of nitrogens with zero attached hydrogens (tertiary/aromatic N) is 4. The van der Waals surface area contributed by atoms with Crippen LogP contribution in [0.4, 0.5) is 0 Å². The molecular weight excluding hydrogens is 306 g/mol. The monoisotopic (exact) mass is 317 g/mol. The van der Waals surface area contributed by atoms with Crippen LogP contribution < -0.4 is 5.32 Å². The molecule has 19 heavy (non-hydrogen) atoms. The van der Waals surface area contributed by atoms with E-state index >= 15 is 0 Å². The average molecular weight is 318 g/mol. The smallest absolute Gasteiger partial charge is 0.0960 e. The maximum atomic E-state index is 4.48. The van der Waals surface area contributed by atoms with Crippen LogP contribution in [0.15, 0.2) is 41.1 Å². The van der Waals surface area contributed by atoms with Crippen molar-refractivity contribution >= 4 is 26.8 Å². The van der Waals surface area contributed by atoms with Crippen LogP contribution in [0.3, 0.4) is 0 Å². The number of hydrogen-bond donors (Lipinski definition) is 1. The summed E-state index contributed by atoms with van der Waals surface area (Å²) in [4.78, 5) is 4.48. The van der Waals surface area contributed by atoms with Gasteiger partial charge in [0.2, 0.25) is 0 Å². The number of fused-ring (bicyclic) bond motifs is 1. The van der Waals surface area contributed by atoms with Gasteiger partial charge in [-0.1, -0.05) is 17.3 Å². The molecule has 1 aromatic carbocycles. The molecule has 0 aliphatic rings. The first-order valence-corrected chi connectivity index (χ1v) is 6.68. The Morgan fingerprint density at radius 2 is 2.21 bits per heavy atom. The number of hydrogen-bond acceptors (Lipinski definition) is 4. The van der Waals surface area contributed by atoms with E-state index in [0.29, 0.717) is 6.54 Å². The second-order valence-electron chi connectivity index (χ2n) is 4.17. The number of aromatic nitrogens is 4. The molecule has 0 saturated heterocycles. The zero-order chi connectivity index (χ0) is 13.2. The number of rotatable bonds is 3. The second kappa shape index (κ2) is 5.07. The molecule has 2 heterocycles. The minimum absolute atomic E-state index is 0.708. The van der Waals surface area contributed by atoms with Crippen molar-refractivity contribution in [2.75, 3.05) is 7.05 Å². The molecule has 0 aliphatic heterocycles. The molecule has 2 aromatic heterocycles. The Hall–Kier alpha value is -1.79. The zero-order valence-corrected chi connectivity index (χ0v) is 11.9. The van der Waals surface area contributed by atoms with Crippen LogP contribution in [0.1, 0.15) is 5.69 Å². The quantitative estimate of drug-likeness (QED) is 0.805. The van der Waals surface area contributed by atoms with Crippen LogP contribution in [0.25, 0.3) is 16.6 Å². The Bertz CT molecular complexity index is 722. The number of nitrogens with one attached hydrogen (secondary N) is 1. The lowest BCUT2D eigenvalue weighted by Crippen LogP contribution is -2.11. The summed E-state index contributed by atoms with van der Waals surface area (Å²) in [5.74, 6) is 0. The van der Waals surface area contributed by atoms with Gasteiger partial charge in [0.25, 0.3) is 0 Å². The van der Waals surface area contributed by atoms with E-state index in [4.69, 9.17) is 0 Å². The van der Waals surface area contributed by atoms with Crippen molar-refractivity contribution in [1.82, 2.24) is 25.3 Å². The van der Waals surface area contributed by atoms with Crippen molar-refractivity contribution in [1.29, 1.82) is 0 Å². The lowest BCUT2D eigenvalue weighted by Gasteiger charge is -2.08. The van der Waals surface area contributed by atoms with Gasteiger partial charge in [0, 0.05) is 22.6 Å². The van der Waals surface area contributed by atoms with E-state index in [9.17, 15) is 0 Å². The number of benzene rings is 1. The molecule has 0 fully saturated rings. The lowest BCUT2D eigenvalue weighted by atomic mass is 10.2. The molecule has 96 valence electrons. The van der Waals surface area contributed by atoms with Gasteiger partial charge in [-0.2, -0.15) is 0 Å². The van der Waals surface area contributed by atoms with E-state index in [1.807, 2.05) is 36.0 Å². The highest BCUT2D eigenvalue weighted by molar-refractivity contribution is 9.10. The molecule has 0 bridgehead atoms. The Morgan fingerprint density at radius 1 is 1.32 bits per heavy atom. The summed E-state index contributed by atoms with van der Waals surface area (Å²) in [7, 11) is 1.90. The van der Waals surface area contributed by atoms with Crippen LogP contribution in [-0.2, 0) is 6.54 Å². The Labute approximate surface area is 118 Å². The van der Waals surface area contributed by atoms with Crippen molar-refractivity contribution in [3.05, 3.63) is 46.8 Å². The van der Waals surface area contributed by atoms with Crippen LogP contribution in [0, 0.1) is 0 Å². The largest absolute Gasteiger partial charge is 0.314 e. The van der Waals surface area contributed by atoms with E-state index in [1.165, 1.54) is 0 Å². The molecule has 0 saturated carbocycles. The summed E-state index contributed by atoms with van der Waals surface area (Å²) in [5, 5.41) is 12.3. The minimum atomic E-state index is 0.708. The van der Waals surface area contributed by atoms with Crippen LogP contribution >= 0.6 is 15.9 Å². The van der Waals surface area contributed by atoms with Crippen LogP contribution in [-0.4, -0.2) is 27.0 Å². The van der Waals surface area contributed by atoms with Gasteiger partial charge in [0.15, 0.2) is 0 Å². The summed E-state index contributed by atoms with van der Waals surface area (Å²) < 4.78 is 2.78. The normalized spacial score (nSPS) is 11.1. The van der Waals surface area contributed by atoms with Crippen molar-refractivity contribution in [3.63, 3.8) is 0 Å². The zero-order valence-electron chi connectivity index (χ0n) is 10.3. The number of halogens is 1. The molecule has 6 heteroatoms. The Morgan fingerprint density at radius 3 is 3.05 bits per heavy atom. The van der Waals surface area contributed by atoms with E-state index in [1.54, 1.807) is 12.4 Å². The maximum Gasteiger partial charge on any atom is 0.0960 e. The molecule has 0 aliphatic carbocycles. The lowest BCUT2D eigenvalue weighted by molar-refractivity contribution is 0.716. The summed E-state index contributed by atoms with van der Waals surface area (Å²) in [6, 6.07) is 8.07. The third-order valence-electron chi connectivity index (χ3n) is 2.86. The van der Waals surface area contributed by atoms with Gasteiger partial charge in [-0.05, 0) is 35.1 Å². The van der Waals surface area contributed by atoms with Crippen molar-refractivity contribution in [3.8, 4) is 5.69 Å². The topological polar surface area (TPSA) is 55.6 Å². The number of pyridine rings is 1. The predicted octanol–water partition coefficient (Wildman–Crippen LogP) is 2.30. The van der Waals surface area contributed by atoms with E-state index < -0.39 is 0 Å². The summed E-state index contributed by atoms with van der Waals surface area (Å²) in [5.41, 5.74) is 2.85. The van der Waals surface area contributed by atoms with Gasteiger partial charge >= 0.3 is 0 Å². The fraction of sp³-hybridized carbons (Fsp3) is 0.154. The summed E-state index contributed by atoms with van der Waals surface area (Å²) in [6.07, 6.45) is 3.55. The molecule has 0 amide bonds. The van der Waals surface area contributed by atoms with Crippen molar-refractivity contribution in [2.45, 2.75) is 6.54 Å². The van der Waals surface area contributed by atoms with E-state index in [-0.39, 0.29) is 0 Å². The minimum Gasteiger partial charge on any atom is -0.314 e. The first-order chi connectivity index (χ1) is 9.29. The molecule has 0 spiro atoms. The van der Waals surface area contributed by atoms with Gasteiger partial charge in [-0.15, -0.1) is 5.10 Å². The predicted molar refractivity (Wildman–Crippen MR) is 77.1 cm³/mol. The Balaban J connectivity index is 2.22. The Kier molecular flexibility index (Phi) is 3.27. The fourth-order valence-electron chi connectivity index (χ4n) is 2.05. The number of para-hydroxylation sites is 1. The second-order valence-corrected chi connectivity index (χ2v) is 5.09. The first kappa shape index (κ1) is 12.3. The van der Waals surface area contributed by atoms with Gasteiger partial charge in [0.05, 0.1) is 23.1 Å².